The monoisotopic (exact) mass is 430 g/mol. The van der Waals surface area contributed by atoms with E-state index in [1.165, 1.54) is 5.56 Å². The molecule has 0 saturated carbocycles. The van der Waals surface area contributed by atoms with Crippen molar-refractivity contribution in [3.8, 4) is 0 Å². The Morgan fingerprint density at radius 1 is 1.23 bits per heavy atom. The normalized spacial score (nSPS) is 12.2. The summed E-state index contributed by atoms with van der Waals surface area (Å²) >= 11 is 5.77. The number of guanidine groups is 1. The molecule has 1 unspecified atom stereocenters. The molecule has 1 atom stereocenters. The number of benzene rings is 1. The predicted molar refractivity (Wildman–Crippen MR) is 103 cm³/mol. The molecule has 0 saturated heterocycles. The van der Waals surface area contributed by atoms with Gasteiger partial charge < -0.3 is 10.6 Å². The summed E-state index contributed by atoms with van der Waals surface area (Å²) in [6.45, 7) is 2.75. The summed E-state index contributed by atoms with van der Waals surface area (Å²) in [6, 6.07) is 14.2. The Morgan fingerprint density at radius 3 is 2.55 bits per heavy atom. The van der Waals surface area contributed by atoms with Gasteiger partial charge in [0.2, 0.25) is 0 Å². The average molecular weight is 431 g/mol. The number of hydrogen-bond donors (Lipinski definition) is 2. The Kier molecular flexibility index (Phi) is 8.19. The maximum Gasteiger partial charge on any atom is 0.191 e. The third kappa shape index (κ3) is 5.81. The number of aliphatic imine (C=N–C) groups is 1. The Balaban J connectivity index is 0.00000242. The van der Waals surface area contributed by atoms with Crippen LogP contribution in [0.2, 0.25) is 5.15 Å². The molecule has 2 rings (SSSR count). The molecule has 2 aromatic rings. The van der Waals surface area contributed by atoms with Gasteiger partial charge in [-0.05, 0) is 24.1 Å². The zero-order valence-electron chi connectivity index (χ0n) is 12.6. The van der Waals surface area contributed by atoms with E-state index in [4.69, 9.17) is 11.6 Å². The Bertz CT molecular complexity index is 587. The number of halogens is 2. The molecule has 0 fully saturated rings. The lowest BCUT2D eigenvalue weighted by Crippen LogP contribution is -2.38. The lowest BCUT2D eigenvalue weighted by Gasteiger charge is -2.18. The first-order chi connectivity index (χ1) is 10.2. The Morgan fingerprint density at radius 2 is 1.95 bits per heavy atom. The van der Waals surface area contributed by atoms with Gasteiger partial charge >= 0.3 is 0 Å². The summed E-state index contributed by atoms with van der Waals surface area (Å²) in [5.74, 6) is 0.751. The quantitative estimate of drug-likeness (QED) is 0.336. The molecule has 118 valence electrons. The van der Waals surface area contributed by atoms with Gasteiger partial charge in [-0.1, -0.05) is 48.0 Å². The molecule has 0 amide bonds. The highest BCUT2D eigenvalue weighted by Crippen LogP contribution is 2.10. The molecule has 0 bridgehead atoms. The highest BCUT2D eigenvalue weighted by Gasteiger charge is 2.07. The molecule has 0 aliphatic rings. The number of nitrogens with one attached hydrogen (secondary N) is 2. The second kappa shape index (κ2) is 9.63. The van der Waals surface area contributed by atoms with E-state index in [-0.39, 0.29) is 30.0 Å². The summed E-state index contributed by atoms with van der Waals surface area (Å²) in [5.41, 5.74) is 2.27. The molecule has 0 spiro atoms. The lowest BCUT2D eigenvalue weighted by atomic mass is 10.1. The molecule has 2 N–H and O–H groups in total. The van der Waals surface area contributed by atoms with Crippen molar-refractivity contribution in [2.75, 3.05) is 7.05 Å². The first-order valence-corrected chi connectivity index (χ1v) is 7.19. The number of hydrogen-bond acceptors (Lipinski definition) is 2. The van der Waals surface area contributed by atoms with Crippen LogP contribution in [0.5, 0.6) is 0 Å². The van der Waals surface area contributed by atoms with Crippen LogP contribution in [-0.4, -0.2) is 18.0 Å². The largest absolute Gasteiger partial charge is 0.352 e. The van der Waals surface area contributed by atoms with Gasteiger partial charge in [0.1, 0.15) is 5.15 Å². The minimum Gasteiger partial charge on any atom is -0.352 e. The van der Waals surface area contributed by atoms with Crippen LogP contribution in [0, 0.1) is 0 Å². The van der Waals surface area contributed by atoms with E-state index in [2.05, 4.69) is 39.7 Å². The standard InChI is InChI=1S/C16H19ClN4.HI/c1-12(14-6-4-3-5-7-14)21-16(18-2)20-11-13-8-9-15(17)19-10-13;/h3-10,12H,11H2,1-2H3,(H2,18,20,21);1H. The van der Waals surface area contributed by atoms with Gasteiger partial charge in [0.15, 0.2) is 5.96 Å². The second-order valence-corrected chi connectivity index (χ2v) is 5.08. The van der Waals surface area contributed by atoms with Crippen LogP contribution in [0.3, 0.4) is 0 Å². The fourth-order valence-electron chi connectivity index (χ4n) is 1.92. The predicted octanol–water partition coefficient (Wildman–Crippen LogP) is 3.78. The van der Waals surface area contributed by atoms with Crippen molar-refractivity contribution in [1.82, 2.24) is 15.6 Å². The van der Waals surface area contributed by atoms with Crippen LogP contribution in [0.4, 0.5) is 0 Å². The van der Waals surface area contributed by atoms with Gasteiger partial charge in [-0.15, -0.1) is 24.0 Å². The molecule has 4 nitrogen and oxygen atoms in total. The fourth-order valence-corrected chi connectivity index (χ4v) is 2.03. The van der Waals surface area contributed by atoms with Crippen LogP contribution >= 0.6 is 35.6 Å². The topological polar surface area (TPSA) is 49.3 Å². The molecule has 0 aliphatic heterocycles. The summed E-state index contributed by atoms with van der Waals surface area (Å²) in [5, 5.41) is 7.12. The number of rotatable bonds is 4. The Labute approximate surface area is 153 Å². The minimum absolute atomic E-state index is 0. The average Bonchev–Trinajstić information content (AvgIpc) is 2.53. The van der Waals surface area contributed by atoms with Crippen molar-refractivity contribution in [2.45, 2.75) is 19.5 Å². The van der Waals surface area contributed by atoms with E-state index < -0.39 is 0 Å². The zero-order valence-corrected chi connectivity index (χ0v) is 15.7. The van der Waals surface area contributed by atoms with Crippen LogP contribution in [0.25, 0.3) is 0 Å². The summed E-state index contributed by atoms with van der Waals surface area (Å²) in [7, 11) is 1.76. The molecule has 0 aliphatic carbocycles. The second-order valence-electron chi connectivity index (χ2n) is 4.69. The summed E-state index contributed by atoms with van der Waals surface area (Å²) in [6.07, 6.45) is 1.75. The third-order valence-corrected chi connectivity index (χ3v) is 3.35. The van der Waals surface area contributed by atoms with Crippen LogP contribution in [0.15, 0.2) is 53.7 Å². The van der Waals surface area contributed by atoms with Gasteiger partial charge in [0, 0.05) is 19.8 Å². The van der Waals surface area contributed by atoms with Crippen LogP contribution in [0.1, 0.15) is 24.1 Å². The van der Waals surface area contributed by atoms with Crippen LogP contribution < -0.4 is 10.6 Å². The van der Waals surface area contributed by atoms with Gasteiger partial charge in [-0.3, -0.25) is 4.99 Å². The zero-order chi connectivity index (χ0) is 15.1. The fraction of sp³-hybridized carbons (Fsp3) is 0.250. The smallest absolute Gasteiger partial charge is 0.191 e. The van der Waals surface area contributed by atoms with Gasteiger partial charge in [-0.25, -0.2) is 4.98 Å². The molecular formula is C16H20ClIN4. The van der Waals surface area contributed by atoms with E-state index in [9.17, 15) is 0 Å². The van der Waals surface area contributed by atoms with Crippen molar-refractivity contribution in [2.24, 2.45) is 4.99 Å². The molecular weight excluding hydrogens is 411 g/mol. The highest BCUT2D eigenvalue weighted by atomic mass is 127. The maximum absolute atomic E-state index is 5.77. The maximum atomic E-state index is 5.77. The number of aromatic nitrogens is 1. The number of nitrogens with zero attached hydrogens (tertiary/aromatic N) is 2. The van der Waals surface area contributed by atoms with Crippen molar-refractivity contribution < 1.29 is 0 Å². The number of pyridine rings is 1. The van der Waals surface area contributed by atoms with Crippen molar-refractivity contribution in [1.29, 1.82) is 0 Å². The molecule has 6 heteroatoms. The molecule has 22 heavy (non-hydrogen) atoms. The van der Waals surface area contributed by atoms with E-state index in [0.29, 0.717) is 11.7 Å². The van der Waals surface area contributed by atoms with Gasteiger partial charge in [0.25, 0.3) is 0 Å². The third-order valence-electron chi connectivity index (χ3n) is 3.13. The molecule has 1 heterocycles. The van der Waals surface area contributed by atoms with Crippen molar-refractivity contribution in [3.05, 3.63) is 64.9 Å². The van der Waals surface area contributed by atoms with Crippen LogP contribution in [-0.2, 0) is 6.54 Å². The van der Waals surface area contributed by atoms with Gasteiger partial charge in [0.05, 0.1) is 6.04 Å². The minimum atomic E-state index is 0. The summed E-state index contributed by atoms with van der Waals surface area (Å²) < 4.78 is 0. The SMILES string of the molecule is CN=C(NCc1ccc(Cl)nc1)NC(C)c1ccccc1.I. The molecule has 1 aromatic heterocycles. The van der Waals surface area contributed by atoms with E-state index >= 15 is 0 Å². The summed E-state index contributed by atoms with van der Waals surface area (Å²) in [4.78, 5) is 8.29. The molecule has 0 radical (unpaired) electrons. The molecule has 1 aromatic carbocycles. The lowest BCUT2D eigenvalue weighted by molar-refractivity contribution is 0.685. The van der Waals surface area contributed by atoms with E-state index in [0.717, 1.165) is 11.5 Å². The van der Waals surface area contributed by atoms with Crippen molar-refractivity contribution in [3.63, 3.8) is 0 Å². The van der Waals surface area contributed by atoms with Crippen molar-refractivity contribution >= 4 is 41.5 Å². The van der Waals surface area contributed by atoms with E-state index in [1.54, 1.807) is 19.3 Å². The van der Waals surface area contributed by atoms with E-state index in [1.807, 2.05) is 24.3 Å². The Hall–Kier alpha value is -1.34. The first kappa shape index (κ1) is 18.7. The highest BCUT2D eigenvalue weighted by molar-refractivity contribution is 14.0. The van der Waals surface area contributed by atoms with Gasteiger partial charge in [-0.2, -0.15) is 0 Å². The first-order valence-electron chi connectivity index (χ1n) is 6.81.